The van der Waals surface area contributed by atoms with Gasteiger partial charge in [0.05, 0.1) is 11.4 Å². The van der Waals surface area contributed by atoms with Crippen molar-refractivity contribution in [3.63, 3.8) is 0 Å². The maximum Gasteiger partial charge on any atom is 0.193 e. The second kappa shape index (κ2) is 30.4. The molecule has 0 N–H and O–H groups in total. The number of ketones is 1. The van der Waals surface area contributed by atoms with Crippen LogP contribution >= 0.6 is 0 Å². The summed E-state index contributed by atoms with van der Waals surface area (Å²) in [6.07, 6.45) is 0.945. The van der Waals surface area contributed by atoms with Crippen LogP contribution < -0.4 is 14.7 Å². The van der Waals surface area contributed by atoms with Gasteiger partial charge in [0.1, 0.15) is 0 Å². The molecule has 0 aliphatic heterocycles. The number of carbonyl (C=O) groups is 1. The number of benzene rings is 15. The predicted octanol–water partition coefficient (Wildman–Crippen LogP) is 29.0. The molecule has 0 bridgehead atoms. The van der Waals surface area contributed by atoms with Crippen LogP contribution in [0.4, 0.5) is 51.2 Å². The van der Waals surface area contributed by atoms with Gasteiger partial charge in [0.15, 0.2) is 5.78 Å². The molecule has 0 spiro atoms. The van der Waals surface area contributed by atoms with Crippen molar-refractivity contribution in [2.45, 2.75) is 129 Å². The third kappa shape index (κ3) is 14.5. The number of carbonyl (C=O) groups excluding carboxylic acids is 1. The van der Waals surface area contributed by atoms with Crippen LogP contribution in [0.25, 0.3) is 21.5 Å². The minimum Gasteiger partial charge on any atom is -0.311 e. The van der Waals surface area contributed by atoms with E-state index in [1.807, 2.05) is 12.1 Å². The lowest BCUT2D eigenvalue weighted by atomic mass is 9.74. The molecule has 0 amide bonds. The number of nitrogens with zero attached hydrogens (tertiary/aromatic N) is 3. The molecule has 0 aromatic heterocycles. The monoisotopic (exact) mass is 1440 g/mol. The summed E-state index contributed by atoms with van der Waals surface area (Å²) in [6, 6.07) is 131. The molecule has 0 fully saturated rings. The Hall–Kier alpha value is -12.1. The molecule has 1 atom stereocenters. The van der Waals surface area contributed by atoms with E-state index in [0.717, 1.165) is 107 Å². The third-order valence-electron chi connectivity index (χ3n) is 24.2. The number of hydrogen-bond donors (Lipinski definition) is 0. The van der Waals surface area contributed by atoms with E-state index >= 15 is 0 Å². The van der Waals surface area contributed by atoms with Crippen molar-refractivity contribution in [3.8, 4) is 0 Å². The molecule has 15 aromatic rings. The molecule has 4 heteroatoms. The molecule has 0 aliphatic rings. The summed E-state index contributed by atoms with van der Waals surface area (Å²) in [7, 11) is 0. The van der Waals surface area contributed by atoms with Gasteiger partial charge in [-0.3, -0.25) is 4.79 Å². The van der Waals surface area contributed by atoms with Gasteiger partial charge in [-0.1, -0.05) is 343 Å². The van der Waals surface area contributed by atoms with Crippen LogP contribution in [0.15, 0.2) is 358 Å². The highest BCUT2D eigenvalue weighted by molar-refractivity contribution is 6.23. The van der Waals surface area contributed by atoms with Crippen molar-refractivity contribution in [3.05, 3.63) is 436 Å². The third-order valence-corrected chi connectivity index (χ3v) is 24.2. The van der Waals surface area contributed by atoms with Crippen molar-refractivity contribution >= 4 is 78.5 Å². The van der Waals surface area contributed by atoms with Gasteiger partial charge in [0.2, 0.25) is 0 Å². The number of aryl methyl sites for hydroxylation is 2. The van der Waals surface area contributed by atoms with Gasteiger partial charge >= 0.3 is 0 Å². The van der Waals surface area contributed by atoms with Gasteiger partial charge in [0, 0.05) is 94.1 Å². The fraction of sp³-hybridized carbons (Fsp3) is 0.187. The van der Waals surface area contributed by atoms with Gasteiger partial charge in [-0.15, -0.1) is 0 Å². The molecular formula is C107H101N3O. The van der Waals surface area contributed by atoms with E-state index in [0.29, 0.717) is 5.56 Å². The van der Waals surface area contributed by atoms with E-state index in [1.54, 1.807) is 0 Å². The molecule has 0 saturated heterocycles. The van der Waals surface area contributed by atoms with Crippen molar-refractivity contribution in [1.29, 1.82) is 0 Å². The van der Waals surface area contributed by atoms with E-state index in [-0.39, 0.29) is 33.4 Å². The van der Waals surface area contributed by atoms with E-state index < -0.39 is 5.41 Å². The quantitative estimate of drug-likeness (QED) is 0.0362. The van der Waals surface area contributed by atoms with Crippen LogP contribution in [0.1, 0.15) is 171 Å². The first kappa shape index (κ1) is 74.4. The maximum atomic E-state index is 14.8. The van der Waals surface area contributed by atoms with E-state index in [9.17, 15) is 4.79 Å². The zero-order chi connectivity index (χ0) is 77.4. The molecule has 0 heterocycles. The Morgan fingerprint density at radius 1 is 0.270 bits per heavy atom. The topological polar surface area (TPSA) is 26.8 Å². The Labute approximate surface area is 659 Å². The molecule has 15 aromatic carbocycles. The molecule has 1 unspecified atom stereocenters. The highest BCUT2D eigenvalue weighted by Crippen LogP contribution is 2.53. The summed E-state index contributed by atoms with van der Waals surface area (Å²) < 4.78 is 0. The molecule has 15 rings (SSSR count). The average molecular weight is 1450 g/mol. The number of anilines is 9. The average Bonchev–Trinajstić information content (AvgIpc) is 0.719. The normalized spacial score (nSPS) is 12.4. The van der Waals surface area contributed by atoms with Crippen LogP contribution in [0.3, 0.4) is 0 Å². The SMILES string of the molecule is Cc1cc(C(C)CC(C)(C)c2ccc(N(c3ccccc3)c3ccccc3)cc2)c(C)cc1C(=O)c1ccc(C(C)(C)c2ccc(N(c3ccc(C(C)(C)c4ccccc4)cc3)c3c4ccccc4c(N(c4ccc(C(C)(C)c5ccccc5)cc4)c4ccc(C(C)(C)c5ccccc5)cc4)c4ccccc34)cc2)cc1. The van der Waals surface area contributed by atoms with Gasteiger partial charge in [-0.25, -0.2) is 0 Å². The lowest BCUT2D eigenvalue weighted by Gasteiger charge is -2.34. The van der Waals surface area contributed by atoms with Gasteiger partial charge in [-0.05, 0) is 189 Å². The van der Waals surface area contributed by atoms with E-state index in [2.05, 4.69) is 450 Å². The second-order valence-corrected chi connectivity index (χ2v) is 33.2. The fourth-order valence-corrected chi connectivity index (χ4v) is 17.2. The Morgan fingerprint density at radius 3 is 0.820 bits per heavy atom. The molecule has 4 nitrogen and oxygen atoms in total. The smallest absolute Gasteiger partial charge is 0.193 e. The molecule has 0 radical (unpaired) electrons. The number of fused-ring (bicyclic) bond motifs is 2. The Kier molecular flexibility index (Phi) is 20.4. The van der Waals surface area contributed by atoms with Crippen molar-refractivity contribution in [1.82, 2.24) is 0 Å². The number of para-hydroxylation sites is 2. The summed E-state index contributed by atoms with van der Waals surface area (Å²) in [5, 5.41) is 4.50. The largest absolute Gasteiger partial charge is 0.311 e. The Bertz CT molecular complexity index is 5560. The van der Waals surface area contributed by atoms with Gasteiger partial charge in [0.25, 0.3) is 0 Å². The molecular weight excluding hydrogens is 1340 g/mol. The zero-order valence-electron chi connectivity index (χ0n) is 66.6. The minimum atomic E-state index is -0.421. The Morgan fingerprint density at radius 2 is 0.514 bits per heavy atom. The number of rotatable bonds is 23. The van der Waals surface area contributed by atoms with Gasteiger partial charge in [-0.2, -0.15) is 0 Å². The second-order valence-electron chi connectivity index (χ2n) is 33.2. The van der Waals surface area contributed by atoms with E-state index in [4.69, 9.17) is 0 Å². The lowest BCUT2D eigenvalue weighted by Crippen LogP contribution is -2.21. The zero-order valence-corrected chi connectivity index (χ0v) is 66.6. The molecule has 0 aliphatic carbocycles. The van der Waals surface area contributed by atoms with Crippen LogP contribution in [0, 0.1) is 13.8 Å². The molecule has 0 saturated carbocycles. The van der Waals surface area contributed by atoms with Gasteiger partial charge < -0.3 is 14.7 Å². The summed E-state index contributed by atoms with van der Waals surface area (Å²) in [6.45, 7) is 29.8. The number of hydrogen-bond acceptors (Lipinski definition) is 4. The van der Waals surface area contributed by atoms with Crippen LogP contribution in [0.2, 0.25) is 0 Å². The van der Waals surface area contributed by atoms with E-state index in [1.165, 1.54) is 44.5 Å². The van der Waals surface area contributed by atoms with Crippen LogP contribution in [-0.2, 0) is 27.1 Å². The molecule has 550 valence electrons. The predicted molar refractivity (Wildman–Crippen MR) is 472 cm³/mol. The minimum absolute atomic E-state index is 0.0381. The first-order valence-electron chi connectivity index (χ1n) is 39.4. The Balaban J connectivity index is 0.755. The maximum absolute atomic E-state index is 14.8. The molecule has 111 heavy (non-hydrogen) atoms. The standard InChI is InChI=1S/C107H101N3O/c1-74-72-99(75(2)71-98(74)76(3)73-103(4,5)78-51-61-89(62-52-78)108(87-39-25-17-26-40-87)88-41-27-18-28-42-88)102(111)77-47-49-82(50-48-77)107(12,13)86-59-69-93(70-60-86)110(92-67-57-85(58-68-92)106(10,11)81-37-23-16-24-38-81)101-96-45-31-29-43-94(96)100(95-44-30-32-46-97(95)101)109(90-63-53-83(54-64-90)104(6,7)79-33-19-14-20-34-79)91-65-55-84(56-66-91)105(8,9)80-35-21-15-22-36-80/h14-72,76H,73H2,1-13H3. The van der Waals surface area contributed by atoms with Crippen molar-refractivity contribution < 1.29 is 4.79 Å². The van der Waals surface area contributed by atoms with Crippen molar-refractivity contribution in [2.75, 3.05) is 14.7 Å². The summed E-state index contributed by atoms with van der Waals surface area (Å²) in [4.78, 5) is 22.1. The fourth-order valence-electron chi connectivity index (χ4n) is 17.2. The summed E-state index contributed by atoms with van der Waals surface area (Å²) in [5.41, 5.74) is 24.5. The summed E-state index contributed by atoms with van der Waals surface area (Å²) >= 11 is 0. The van der Waals surface area contributed by atoms with Crippen LogP contribution in [-0.4, -0.2) is 5.78 Å². The highest BCUT2D eigenvalue weighted by atomic mass is 16.1. The van der Waals surface area contributed by atoms with Crippen molar-refractivity contribution in [2.24, 2.45) is 0 Å². The van der Waals surface area contributed by atoms with Crippen LogP contribution in [0.5, 0.6) is 0 Å². The first-order valence-corrected chi connectivity index (χ1v) is 39.4. The summed E-state index contributed by atoms with van der Waals surface area (Å²) in [5.74, 6) is 0.290. The first-order chi connectivity index (χ1) is 53.5. The highest BCUT2D eigenvalue weighted by Gasteiger charge is 2.33. The lowest BCUT2D eigenvalue weighted by molar-refractivity contribution is 0.103.